The van der Waals surface area contributed by atoms with Gasteiger partial charge in [-0.25, -0.2) is 9.79 Å². The lowest BCUT2D eigenvalue weighted by Crippen LogP contribution is -2.39. The van der Waals surface area contributed by atoms with Crippen LogP contribution in [-0.4, -0.2) is 24.3 Å². The summed E-state index contributed by atoms with van der Waals surface area (Å²) in [5.41, 5.74) is 2.34. The number of allylic oxidation sites excluding steroid dienone is 1. The molecule has 9 heteroatoms. The van der Waals surface area contributed by atoms with Crippen molar-refractivity contribution in [1.82, 2.24) is 4.57 Å². The number of halogens is 2. The Labute approximate surface area is 211 Å². The monoisotopic (exact) mass is 590 g/mol. The van der Waals surface area contributed by atoms with Crippen LogP contribution in [0.1, 0.15) is 31.0 Å². The molecule has 3 aromatic rings. The number of nitrogens with zero attached hydrogens (tertiary/aromatic N) is 2. The summed E-state index contributed by atoms with van der Waals surface area (Å²) < 4.78 is 14.4. The van der Waals surface area contributed by atoms with E-state index in [9.17, 15) is 9.59 Å². The summed E-state index contributed by atoms with van der Waals surface area (Å²) in [6, 6.07) is 12.5. The Morgan fingerprint density at radius 1 is 1.21 bits per heavy atom. The molecular formula is C24H20Br2N2O4S. The van der Waals surface area contributed by atoms with Crippen LogP contribution in [0.4, 0.5) is 0 Å². The van der Waals surface area contributed by atoms with Crippen molar-refractivity contribution in [3.05, 3.63) is 93.5 Å². The van der Waals surface area contributed by atoms with Crippen molar-refractivity contribution in [3.8, 4) is 5.75 Å². The molecule has 0 saturated heterocycles. The summed E-state index contributed by atoms with van der Waals surface area (Å²) in [7, 11) is 1.60. The molecule has 0 spiro atoms. The van der Waals surface area contributed by atoms with Gasteiger partial charge in [0, 0.05) is 4.47 Å². The van der Waals surface area contributed by atoms with Crippen molar-refractivity contribution >= 4 is 55.2 Å². The van der Waals surface area contributed by atoms with E-state index in [1.54, 1.807) is 25.5 Å². The standard InChI is InChI=1S/C24H20Br2N2O4S/c1-4-32-23(30)20-13(2)27-24-28(21(20)15-6-8-16(25)9-7-15)22(29)19(33-24)12-14-5-10-18(31-3)17(26)11-14/h5-12,21H,4H2,1-3H3/b19-12-/t21-/m1/s1. The molecule has 0 amide bonds. The van der Waals surface area contributed by atoms with E-state index in [2.05, 4.69) is 36.9 Å². The van der Waals surface area contributed by atoms with Gasteiger partial charge in [0.2, 0.25) is 0 Å². The summed E-state index contributed by atoms with van der Waals surface area (Å²) in [4.78, 5) is 31.6. The van der Waals surface area contributed by atoms with Crippen LogP contribution in [0.3, 0.4) is 0 Å². The normalized spacial score (nSPS) is 15.8. The van der Waals surface area contributed by atoms with Crippen molar-refractivity contribution in [3.63, 3.8) is 0 Å². The third kappa shape index (κ3) is 4.62. The van der Waals surface area contributed by atoms with Gasteiger partial charge in [-0.05, 0) is 71.2 Å². The molecule has 0 radical (unpaired) electrons. The van der Waals surface area contributed by atoms with Gasteiger partial charge in [-0.1, -0.05) is 45.5 Å². The first-order valence-corrected chi connectivity index (χ1v) is 12.5. The van der Waals surface area contributed by atoms with E-state index < -0.39 is 12.0 Å². The highest BCUT2D eigenvalue weighted by molar-refractivity contribution is 9.10. The van der Waals surface area contributed by atoms with E-state index in [-0.39, 0.29) is 12.2 Å². The number of benzene rings is 2. The van der Waals surface area contributed by atoms with Gasteiger partial charge in [-0.3, -0.25) is 9.36 Å². The first kappa shape index (κ1) is 23.7. The van der Waals surface area contributed by atoms with E-state index in [1.807, 2.05) is 48.5 Å². The Balaban J connectivity index is 1.93. The number of carbonyl (C=O) groups excluding carboxylic acids is 1. The number of esters is 1. The number of thiazole rings is 1. The smallest absolute Gasteiger partial charge is 0.338 e. The third-order valence-electron chi connectivity index (χ3n) is 5.18. The van der Waals surface area contributed by atoms with Crippen LogP contribution >= 0.6 is 43.2 Å². The summed E-state index contributed by atoms with van der Waals surface area (Å²) in [5, 5.41) is 0. The predicted octanol–water partition coefficient (Wildman–Crippen LogP) is 4.33. The topological polar surface area (TPSA) is 69.9 Å². The van der Waals surface area contributed by atoms with Crippen LogP contribution in [0, 0.1) is 0 Å². The number of fused-ring (bicyclic) bond motifs is 1. The first-order chi connectivity index (χ1) is 15.8. The minimum Gasteiger partial charge on any atom is -0.496 e. The van der Waals surface area contributed by atoms with E-state index in [0.717, 1.165) is 20.1 Å². The molecule has 1 aliphatic heterocycles. The minimum absolute atomic E-state index is 0.215. The number of hydrogen-bond acceptors (Lipinski definition) is 6. The van der Waals surface area contributed by atoms with Crippen LogP contribution in [0.25, 0.3) is 6.08 Å². The molecule has 33 heavy (non-hydrogen) atoms. The van der Waals surface area contributed by atoms with E-state index in [4.69, 9.17) is 9.47 Å². The molecule has 1 atom stereocenters. The number of hydrogen-bond donors (Lipinski definition) is 0. The van der Waals surface area contributed by atoms with Crippen LogP contribution < -0.4 is 19.6 Å². The fraction of sp³-hybridized carbons (Fsp3) is 0.208. The van der Waals surface area contributed by atoms with Crippen LogP contribution in [-0.2, 0) is 9.53 Å². The van der Waals surface area contributed by atoms with Gasteiger partial charge in [0.05, 0.1) is 40.0 Å². The average Bonchev–Trinajstić information content (AvgIpc) is 3.08. The van der Waals surface area contributed by atoms with Crippen molar-refractivity contribution in [2.75, 3.05) is 13.7 Å². The van der Waals surface area contributed by atoms with Crippen LogP contribution in [0.2, 0.25) is 0 Å². The zero-order valence-electron chi connectivity index (χ0n) is 18.1. The van der Waals surface area contributed by atoms with Crippen molar-refractivity contribution < 1.29 is 14.3 Å². The number of methoxy groups -OCH3 is 1. The number of carbonyl (C=O) groups is 1. The predicted molar refractivity (Wildman–Crippen MR) is 135 cm³/mol. The SMILES string of the molecule is CCOC(=O)C1=C(C)N=c2s/c(=C\c3ccc(OC)c(Br)c3)c(=O)n2[C@@H]1c1ccc(Br)cc1. The highest BCUT2D eigenvalue weighted by Crippen LogP contribution is 2.31. The molecule has 0 bridgehead atoms. The zero-order valence-corrected chi connectivity index (χ0v) is 22.1. The van der Waals surface area contributed by atoms with E-state index in [1.165, 1.54) is 11.3 Å². The van der Waals surface area contributed by atoms with Crippen molar-refractivity contribution in [2.45, 2.75) is 19.9 Å². The largest absolute Gasteiger partial charge is 0.496 e. The fourth-order valence-corrected chi connectivity index (χ4v) is 5.55. The van der Waals surface area contributed by atoms with Gasteiger partial charge in [0.1, 0.15) is 5.75 Å². The van der Waals surface area contributed by atoms with Gasteiger partial charge in [-0.2, -0.15) is 0 Å². The molecule has 0 N–H and O–H groups in total. The van der Waals surface area contributed by atoms with Gasteiger partial charge in [0.25, 0.3) is 5.56 Å². The fourth-order valence-electron chi connectivity index (χ4n) is 3.68. The maximum atomic E-state index is 13.6. The summed E-state index contributed by atoms with van der Waals surface area (Å²) in [6.07, 6.45) is 1.82. The molecule has 0 saturated carbocycles. The zero-order chi connectivity index (χ0) is 23.7. The Kier molecular flexibility index (Phi) is 7.02. The highest BCUT2D eigenvalue weighted by Gasteiger charge is 2.33. The number of aromatic nitrogens is 1. The summed E-state index contributed by atoms with van der Waals surface area (Å²) in [5.74, 6) is 0.235. The molecular weight excluding hydrogens is 572 g/mol. The number of rotatable bonds is 5. The molecule has 4 rings (SSSR count). The highest BCUT2D eigenvalue weighted by atomic mass is 79.9. The van der Waals surface area contributed by atoms with E-state index in [0.29, 0.717) is 26.4 Å². The van der Waals surface area contributed by atoms with Crippen molar-refractivity contribution in [1.29, 1.82) is 0 Å². The van der Waals surface area contributed by atoms with Crippen molar-refractivity contribution in [2.24, 2.45) is 4.99 Å². The molecule has 1 aromatic heterocycles. The lowest BCUT2D eigenvalue weighted by atomic mass is 9.96. The Morgan fingerprint density at radius 3 is 2.58 bits per heavy atom. The van der Waals surface area contributed by atoms with Gasteiger partial charge in [-0.15, -0.1) is 0 Å². The molecule has 1 aliphatic rings. The van der Waals surface area contributed by atoms with Gasteiger partial charge < -0.3 is 9.47 Å². The summed E-state index contributed by atoms with van der Waals surface area (Å²) in [6.45, 7) is 3.76. The first-order valence-electron chi connectivity index (χ1n) is 10.1. The quantitative estimate of drug-likeness (QED) is 0.414. The Morgan fingerprint density at radius 2 is 1.94 bits per heavy atom. The second-order valence-electron chi connectivity index (χ2n) is 7.25. The molecule has 2 aromatic carbocycles. The second-order valence-corrected chi connectivity index (χ2v) is 10.0. The van der Waals surface area contributed by atoms with Gasteiger partial charge >= 0.3 is 5.97 Å². The maximum Gasteiger partial charge on any atom is 0.338 e. The lowest BCUT2D eigenvalue weighted by molar-refractivity contribution is -0.139. The lowest BCUT2D eigenvalue weighted by Gasteiger charge is -2.24. The van der Waals surface area contributed by atoms with Gasteiger partial charge in [0.15, 0.2) is 4.80 Å². The second kappa shape index (κ2) is 9.79. The Bertz CT molecular complexity index is 1440. The molecule has 0 fully saturated rings. The maximum absolute atomic E-state index is 13.6. The molecule has 2 heterocycles. The van der Waals surface area contributed by atoms with E-state index >= 15 is 0 Å². The molecule has 170 valence electrons. The van der Waals surface area contributed by atoms with Crippen LogP contribution in [0.15, 0.2) is 72.5 Å². The molecule has 6 nitrogen and oxygen atoms in total. The number of ether oxygens (including phenoxy) is 2. The minimum atomic E-state index is -0.627. The Hall–Kier alpha value is -2.49. The third-order valence-corrected chi connectivity index (χ3v) is 7.31. The summed E-state index contributed by atoms with van der Waals surface area (Å²) >= 11 is 8.22. The average molecular weight is 592 g/mol. The van der Waals surface area contributed by atoms with Crippen LogP contribution in [0.5, 0.6) is 5.75 Å². The molecule has 0 aliphatic carbocycles. The molecule has 0 unspecified atom stereocenters.